The molecule has 5 nitrogen and oxygen atoms in total. The highest BCUT2D eigenvalue weighted by Gasteiger charge is 2.20. The zero-order valence-electron chi connectivity index (χ0n) is 15.8. The third-order valence-corrected chi connectivity index (χ3v) is 5.12. The highest BCUT2D eigenvalue weighted by atomic mass is 15.4. The van der Waals surface area contributed by atoms with Crippen molar-refractivity contribution in [1.29, 1.82) is 0 Å². The minimum absolute atomic E-state index is 0.603. The number of H-pyrrole nitrogens is 1. The summed E-state index contributed by atoms with van der Waals surface area (Å²) < 4.78 is 1.86. The first kappa shape index (κ1) is 18.0. The Balaban J connectivity index is 0.000000181. The quantitative estimate of drug-likeness (QED) is 0.534. The van der Waals surface area contributed by atoms with Crippen LogP contribution in [-0.2, 0) is 6.42 Å². The average Bonchev–Trinajstić information content (AvgIpc) is 3.49. The maximum Gasteiger partial charge on any atom is 0.0862 e. The summed E-state index contributed by atoms with van der Waals surface area (Å²) in [5.74, 6) is 3.19. The first-order valence-electron chi connectivity index (χ1n) is 9.66. The number of rotatable bonds is 3. The van der Waals surface area contributed by atoms with E-state index < -0.39 is 0 Å². The number of hydrogen-bond acceptors (Lipinski definition) is 3. The Morgan fingerprint density at radius 2 is 1.93 bits per heavy atom. The molecule has 2 aromatic carbocycles. The van der Waals surface area contributed by atoms with Crippen LogP contribution in [0.25, 0.3) is 16.6 Å². The summed E-state index contributed by atoms with van der Waals surface area (Å²) in [5.41, 5.74) is 4.41. The van der Waals surface area contributed by atoms with Crippen LogP contribution in [0.2, 0.25) is 0 Å². The molecule has 2 heterocycles. The third kappa shape index (κ3) is 4.12. The summed E-state index contributed by atoms with van der Waals surface area (Å²) in [4.78, 5) is 0. The standard InChI is InChI=1S/C14H15N5.C9H8/c1-2-4-10(3-1)14-9-19(18-17-14)12-5-6-13-11(7-12)8-15-16-13;1-2-6-9-7-4-3-5-8-9/h5-10H,1-4H2,(H,15,16);1,3-5,7-8H,6H2. The highest BCUT2D eigenvalue weighted by molar-refractivity contribution is 5.80. The van der Waals surface area contributed by atoms with Crippen molar-refractivity contribution in [2.75, 3.05) is 0 Å². The average molecular weight is 369 g/mol. The second kappa shape index (κ2) is 8.53. The molecule has 140 valence electrons. The van der Waals surface area contributed by atoms with Gasteiger partial charge in [-0.3, -0.25) is 5.10 Å². The molecule has 1 fully saturated rings. The zero-order valence-corrected chi connectivity index (χ0v) is 15.8. The zero-order chi connectivity index (χ0) is 19.2. The second-order valence-corrected chi connectivity index (χ2v) is 7.08. The van der Waals surface area contributed by atoms with E-state index in [0.717, 1.165) is 28.7 Å². The van der Waals surface area contributed by atoms with Crippen LogP contribution in [0.15, 0.2) is 60.9 Å². The van der Waals surface area contributed by atoms with Gasteiger partial charge in [0.25, 0.3) is 0 Å². The van der Waals surface area contributed by atoms with Crippen molar-refractivity contribution in [3.05, 3.63) is 72.2 Å². The topological polar surface area (TPSA) is 59.4 Å². The molecule has 2 aromatic heterocycles. The maximum absolute atomic E-state index is 5.11. The lowest BCUT2D eigenvalue weighted by Crippen LogP contribution is -1.94. The Hall–Kier alpha value is -3.39. The lowest BCUT2D eigenvalue weighted by atomic mass is 10.1. The van der Waals surface area contributed by atoms with Crippen molar-refractivity contribution in [3.8, 4) is 18.0 Å². The van der Waals surface area contributed by atoms with E-state index in [-0.39, 0.29) is 0 Å². The largest absolute Gasteiger partial charge is 0.278 e. The number of benzene rings is 2. The molecule has 4 aromatic rings. The van der Waals surface area contributed by atoms with Gasteiger partial charge in [0.1, 0.15) is 0 Å². The van der Waals surface area contributed by atoms with Crippen molar-refractivity contribution in [2.45, 2.75) is 38.0 Å². The van der Waals surface area contributed by atoms with E-state index in [4.69, 9.17) is 6.42 Å². The highest BCUT2D eigenvalue weighted by Crippen LogP contribution is 2.32. The number of hydrogen-bond donors (Lipinski definition) is 1. The number of fused-ring (bicyclic) bond motifs is 1. The summed E-state index contributed by atoms with van der Waals surface area (Å²) in [7, 11) is 0. The minimum atomic E-state index is 0.603. The predicted octanol–water partition coefficient (Wildman–Crippen LogP) is 4.66. The summed E-state index contributed by atoms with van der Waals surface area (Å²) >= 11 is 0. The van der Waals surface area contributed by atoms with Crippen LogP contribution in [-0.4, -0.2) is 25.2 Å². The van der Waals surface area contributed by atoms with Gasteiger partial charge in [-0.25, -0.2) is 4.68 Å². The van der Waals surface area contributed by atoms with Gasteiger partial charge >= 0.3 is 0 Å². The van der Waals surface area contributed by atoms with Crippen molar-refractivity contribution < 1.29 is 0 Å². The number of aromatic amines is 1. The Labute approximate surface area is 164 Å². The van der Waals surface area contributed by atoms with Gasteiger partial charge in [-0.1, -0.05) is 48.4 Å². The number of nitrogens with one attached hydrogen (secondary N) is 1. The monoisotopic (exact) mass is 369 g/mol. The Kier molecular flexibility index (Phi) is 5.48. The fourth-order valence-electron chi connectivity index (χ4n) is 3.60. The molecule has 0 radical (unpaired) electrons. The Bertz CT molecular complexity index is 1070. The smallest absolute Gasteiger partial charge is 0.0862 e. The molecule has 5 rings (SSSR count). The molecular formula is C23H23N5. The lowest BCUT2D eigenvalue weighted by Gasteiger charge is -2.02. The number of aromatic nitrogens is 5. The van der Waals surface area contributed by atoms with E-state index in [1.54, 1.807) is 0 Å². The van der Waals surface area contributed by atoms with E-state index >= 15 is 0 Å². The van der Waals surface area contributed by atoms with Crippen LogP contribution in [0.1, 0.15) is 42.9 Å². The van der Waals surface area contributed by atoms with Gasteiger partial charge in [0, 0.05) is 17.7 Å². The van der Waals surface area contributed by atoms with Gasteiger partial charge < -0.3 is 0 Å². The van der Waals surface area contributed by atoms with Crippen LogP contribution >= 0.6 is 0 Å². The van der Waals surface area contributed by atoms with Gasteiger partial charge in [0.15, 0.2) is 0 Å². The molecular weight excluding hydrogens is 346 g/mol. The fraction of sp³-hybridized carbons (Fsp3) is 0.261. The van der Waals surface area contributed by atoms with Crippen LogP contribution in [0.4, 0.5) is 0 Å². The molecule has 0 bridgehead atoms. The van der Waals surface area contributed by atoms with E-state index in [1.807, 2.05) is 53.3 Å². The summed E-state index contributed by atoms with van der Waals surface area (Å²) in [5, 5.41) is 16.7. The molecule has 0 saturated heterocycles. The number of nitrogens with zero attached hydrogens (tertiary/aromatic N) is 4. The van der Waals surface area contributed by atoms with Crippen molar-refractivity contribution in [3.63, 3.8) is 0 Å². The van der Waals surface area contributed by atoms with Crippen molar-refractivity contribution in [2.24, 2.45) is 0 Å². The van der Waals surface area contributed by atoms with Crippen LogP contribution in [0, 0.1) is 12.3 Å². The van der Waals surface area contributed by atoms with Gasteiger partial charge in [0.2, 0.25) is 0 Å². The molecule has 1 aliphatic rings. The Morgan fingerprint density at radius 3 is 2.71 bits per heavy atom. The SMILES string of the molecule is C#CCc1ccccc1.c1cc2[nH]ncc2cc1-n1cc(C2CCCC2)nn1. The first-order valence-corrected chi connectivity index (χ1v) is 9.66. The molecule has 0 spiro atoms. The Morgan fingerprint density at radius 1 is 1.11 bits per heavy atom. The van der Waals surface area contributed by atoms with Crippen molar-refractivity contribution >= 4 is 10.9 Å². The van der Waals surface area contributed by atoms with Crippen LogP contribution in [0.3, 0.4) is 0 Å². The molecule has 0 amide bonds. The van der Waals surface area contributed by atoms with Crippen LogP contribution < -0.4 is 0 Å². The molecule has 0 atom stereocenters. The van der Waals surface area contributed by atoms with E-state index in [9.17, 15) is 0 Å². The normalized spacial score (nSPS) is 13.8. The molecule has 0 aliphatic heterocycles. The first-order chi connectivity index (χ1) is 13.8. The fourth-order valence-corrected chi connectivity index (χ4v) is 3.60. The third-order valence-electron chi connectivity index (χ3n) is 5.12. The van der Waals surface area contributed by atoms with E-state index in [1.165, 1.54) is 31.2 Å². The molecule has 1 saturated carbocycles. The summed E-state index contributed by atoms with van der Waals surface area (Å²) in [6.45, 7) is 0. The minimum Gasteiger partial charge on any atom is -0.278 e. The second-order valence-electron chi connectivity index (χ2n) is 7.08. The maximum atomic E-state index is 5.11. The summed E-state index contributed by atoms with van der Waals surface area (Å²) in [6.07, 6.45) is 14.9. The number of terminal acetylenes is 1. The van der Waals surface area contributed by atoms with E-state index in [2.05, 4.69) is 38.7 Å². The molecule has 1 aliphatic carbocycles. The molecule has 0 unspecified atom stereocenters. The predicted molar refractivity (Wildman–Crippen MR) is 111 cm³/mol. The van der Waals surface area contributed by atoms with Crippen LogP contribution in [0.5, 0.6) is 0 Å². The van der Waals surface area contributed by atoms with E-state index in [0.29, 0.717) is 5.92 Å². The lowest BCUT2D eigenvalue weighted by molar-refractivity contribution is 0.690. The summed E-state index contributed by atoms with van der Waals surface area (Å²) in [6, 6.07) is 16.2. The molecule has 28 heavy (non-hydrogen) atoms. The molecule has 5 heteroatoms. The van der Waals surface area contributed by atoms with Gasteiger partial charge in [0.05, 0.1) is 29.3 Å². The van der Waals surface area contributed by atoms with Gasteiger partial charge in [-0.15, -0.1) is 17.4 Å². The van der Waals surface area contributed by atoms with Gasteiger partial charge in [-0.2, -0.15) is 5.10 Å². The van der Waals surface area contributed by atoms with Crippen molar-refractivity contribution in [1.82, 2.24) is 25.2 Å². The van der Waals surface area contributed by atoms with Gasteiger partial charge in [-0.05, 0) is 36.6 Å². The molecule has 1 N–H and O–H groups in total.